The summed E-state index contributed by atoms with van der Waals surface area (Å²) < 4.78 is 5.43. The molecule has 3 heterocycles. The number of morpholine rings is 1. The van der Waals surface area contributed by atoms with Crippen LogP contribution in [0.1, 0.15) is 6.42 Å². The van der Waals surface area contributed by atoms with Crippen LogP contribution in [-0.2, 0) is 9.53 Å². The molecular formula is C13H22N4O3S. The molecule has 3 rings (SSSR count). The van der Waals surface area contributed by atoms with Crippen LogP contribution in [0.2, 0.25) is 0 Å². The molecule has 0 radical (unpaired) electrons. The first-order valence-corrected chi connectivity index (χ1v) is 8.58. The fourth-order valence-electron chi connectivity index (χ4n) is 3.12. The molecule has 8 heteroatoms. The van der Waals surface area contributed by atoms with E-state index in [0.29, 0.717) is 13.1 Å². The summed E-state index contributed by atoms with van der Waals surface area (Å²) in [7, 11) is 0. The summed E-state index contributed by atoms with van der Waals surface area (Å²) in [5.41, 5.74) is 0.0418. The lowest BCUT2D eigenvalue weighted by Crippen LogP contribution is -2.60. The molecule has 0 saturated carbocycles. The first kappa shape index (κ1) is 14.9. The van der Waals surface area contributed by atoms with Crippen molar-refractivity contribution in [2.24, 2.45) is 0 Å². The van der Waals surface area contributed by atoms with Gasteiger partial charge < -0.3 is 20.7 Å². The normalized spacial score (nSPS) is 33.5. The van der Waals surface area contributed by atoms with Crippen molar-refractivity contribution in [3.63, 3.8) is 0 Å². The number of thioether (sulfide) groups is 1. The van der Waals surface area contributed by atoms with Gasteiger partial charge in [0.25, 0.3) is 0 Å². The molecule has 3 N–H and O–H groups in total. The molecule has 0 unspecified atom stereocenters. The second kappa shape index (κ2) is 6.41. The number of amides is 3. The summed E-state index contributed by atoms with van der Waals surface area (Å²) in [6, 6.07) is -0.720. The lowest BCUT2D eigenvalue weighted by Gasteiger charge is -2.43. The fraction of sp³-hybridized carbons (Fsp3) is 0.846. The van der Waals surface area contributed by atoms with Crippen molar-refractivity contribution in [2.75, 3.05) is 50.9 Å². The maximum Gasteiger partial charge on any atom is 0.315 e. The minimum absolute atomic E-state index is 0.0418. The van der Waals surface area contributed by atoms with Crippen LogP contribution in [0.4, 0.5) is 4.79 Å². The van der Waals surface area contributed by atoms with Crippen molar-refractivity contribution in [3.8, 4) is 0 Å². The van der Waals surface area contributed by atoms with Gasteiger partial charge in [-0.25, -0.2) is 4.79 Å². The Kier molecular flexibility index (Phi) is 4.56. The third-order valence-corrected chi connectivity index (χ3v) is 5.68. The van der Waals surface area contributed by atoms with Gasteiger partial charge in [-0.05, 0) is 12.2 Å². The van der Waals surface area contributed by atoms with E-state index in [1.807, 2.05) is 11.8 Å². The van der Waals surface area contributed by atoms with E-state index in [1.54, 1.807) is 0 Å². The third kappa shape index (κ3) is 3.27. The van der Waals surface area contributed by atoms with E-state index in [0.717, 1.165) is 44.2 Å². The van der Waals surface area contributed by atoms with E-state index in [9.17, 15) is 9.59 Å². The van der Waals surface area contributed by atoms with Gasteiger partial charge in [0.2, 0.25) is 5.91 Å². The molecule has 0 aromatic rings. The van der Waals surface area contributed by atoms with Crippen molar-refractivity contribution < 1.29 is 14.3 Å². The Bertz CT molecular complexity index is 408. The number of nitrogens with zero attached hydrogens (tertiary/aromatic N) is 1. The molecule has 3 amide bonds. The van der Waals surface area contributed by atoms with Crippen molar-refractivity contribution in [1.82, 2.24) is 20.9 Å². The molecule has 0 spiro atoms. The highest BCUT2D eigenvalue weighted by molar-refractivity contribution is 7.99. The van der Waals surface area contributed by atoms with Crippen molar-refractivity contribution in [2.45, 2.75) is 18.0 Å². The first-order chi connectivity index (χ1) is 10.2. The highest BCUT2D eigenvalue weighted by Crippen LogP contribution is 2.33. The predicted molar refractivity (Wildman–Crippen MR) is 80.4 cm³/mol. The fourth-order valence-corrected chi connectivity index (χ4v) is 4.60. The molecule has 3 saturated heterocycles. The smallest absolute Gasteiger partial charge is 0.315 e. The number of carbonyl (C=O) groups excluding carboxylic acids is 2. The standard InChI is InChI=1S/C13H22N4O3S/c18-11(10-7-14-12(19)16-10)15-8-13(1-6-21-9-13)17-2-4-20-5-3-17/h10H,1-9H2,(H,15,18)(H2,14,16,19)/t10-,13-/m1/s1. The molecule has 2 atom stereocenters. The van der Waals surface area contributed by atoms with Gasteiger partial charge in [-0.2, -0.15) is 11.8 Å². The number of carbonyl (C=O) groups is 2. The summed E-state index contributed by atoms with van der Waals surface area (Å²) >= 11 is 1.94. The minimum Gasteiger partial charge on any atom is -0.379 e. The number of hydrogen-bond donors (Lipinski definition) is 3. The maximum absolute atomic E-state index is 12.2. The van der Waals surface area contributed by atoms with Crippen LogP contribution >= 0.6 is 11.8 Å². The number of rotatable bonds is 4. The Morgan fingerprint density at radius 2 is 2.29 bits per heavy atom. The van der Waals surface area contributed by atoms with E-state index >= 15 is 0 Å². The van der Waals surface area contributed by atoms with Gasteiger partial charge >= 0.3 is 6.03 Å². The van der Waals surface area contributed by atoms with Gasteiger partial charge in [-0.15, -0.1) is 0 Å². The van der Waals surface area contributed by atoms with Gasteiger partial charge in [0, 0.05) is 37.5 Å². The molecule has 21 heavy (non-hydrogen) atoms. The van der Waals surface area contributed by atoms with E-state index in [4.69, 9.17) is 4.74 Å². The summed E-state index contributed by atoms with van der Waals surface area (Å²) in [6.07, 6.45) is 1.09. The number of nitrogens with one attached hydrogen (secondary N) is 3. The second-order valence-electron chi connectivity index (χ2n) is 5.75. The molecule has 3 fully saturated rings. The SMILES string of the molecule is O=C1NC[C@H](C(=O)NC[C@]2(N3CCOCC3)CCSC2)N1. The summed E-state index contributed by atoms with van der Waals surface area (Å²) in [6.45, 7) is 4.40. The Morgan fingerprint density at radius 1 is 1.48 bits per heavy atom. The largest absolute Gasteiger partial charge is 0.379 e. The Morgan fingerprint density at radius 3 is 2.90 bits per heavy atom. The number of urea groups is 1. The van der Waals surface area contributed by atoms with Crippen LogP contribution in [0.15, 0.2) is 0 Å². The Balaban J connectivity index is 1.57. The van der Waals surface area contributed by atoms with Gasteiger partial charge in [-0.1, -0.05) is 0 Å². The van der Waals surface area contributed by atoms with E-state index in [-0.39, 0.29) is 17.5 Å². The van der Waals surface area contributed by atoms with Crippen molar-refractivity contribution >= 4 is 23.7 Å². The zero-order chi connectivity index (χ0) is 14.7. The van der Waals surface area contributed by atoms with Gasteiger partial charge in [0.15, 0.2) is 0 Å². The van der Waals surface area contributed by atoms with Crippen molar-refractivity contribution in [1.29, 1.82) is 0 Å². The van der Waals surface area contributed by atoms with E-state index < -0.39 is 6.04 Å². The van der Waals surface area contributed by atoms with E-state index in [2.05, 4.69) is 20.9 Å². The summed E-state index contributed by atoms with van der Waals surface area (Å²) in [5.74, 6) is 2.08. The van der Waals surface area contributed by atoms with Crippen LogP contribution in [0.25, 0.3) is 0 Å². The summed E-state index contributed by atoms with van der Waals surface area (Å²) in [5, 5.41) is 8.27. The number of ether oxygens (including phenoxy) is 1. The molecule has 3 aliphatic heterocycles. The topological polar surface area (TPSA) is 82.7 Å². The van der Waals surface area contributed by atoms with Gasteiger partial charge in [0.1, 0.15) is 6.04 Å². The monoisotopic (exact) mass is 314 g/mol. The molecular weight excluding hydrogens is 292 g/mol. The van der Waals surface area contributed by atoms with Crippen LogP contribution in [-0.4, -0.2) is 79.3 Å². The average Bonchev–Trinajstić information content (AvgIpc) is 3.16. The molecule has 0 bridgehead atoms. The van der Waals surface area contributed by atoms with Crippen LogP contribution in [0.5, 0.6) is 0 Å². The lowest BCUT2D eigenvalue weighted by molar-refractivity contribution is -0.123. The second-order valence-corrected chi connectivity index (χ2v) is 6.86. The highest BCUT2D eigenvalue weighted by atomic mass is 32.2. The average molecular weight is 314 g/mol. The van der Waals surface area contributed by atoms with Gasteiger partial charge in [0.05, 0.1) is 13.2 Å². The molecule has 118 valence electrons. The van der Waals surface area contributed by atoms with E-state index in [1.165, 1.54) is 0 Å². The summed E-state index contributed by atoms with van der Waals surface area (Å²) in [4.78, 5) is 25.7. The minimum atomic E-state index is -0.451. The molecule has 0 aromatic carbocycles. The van der Waals surface area contributed by atoms with Gasteiger partial charge in [-0.3, -0.25) is 9.69 Å². The molecule has 0 aromatic heterocycles. The third-order valence-electron chi connectivity index (χ3n) is 4.44. The quantitative estimate of drug-likeness (QED) is 0.619. The number of hydrogen-bond acceptors (Lipinski definition) is 5. The first-order valence-electron chi connectivity index (χ1n) is 7.42. The van der Waals surface area contributed by atoms with Crippen LogP contribution < -0.4 is 16.0 Å². The zero-order valence-electron chi connectivity index (χ0n) is 12.0. The highest BCUT2D eigenvalue weighted by Gasteiger charge is 2.41. The van der Waals surface area contributed by atoms with Crippen molar-refractivity contribution in [3.05, 3.63) is 0 Å². The van der Waals surface area contributed by atoms with Crippen LogP contribution in [0.3, 0.4) is 0 Å². The lowest BCUT2D eigenvalue weighted by atomic mass is 9.95. The Labute approximate surface area is 128 Å². The molecule has 3 aliphatic rings. The maximum atomic E-state index is 12.2. The van der Waals surface area contributed by atoms with Crippen LogP contribution in [0, 0.1) is 0 Å². The zero-order valence-corrected chi connectivity index (χ0v) is 12.8. The molecule has 0 aliphatic carbocycles. The molecule has 7 nitrogen and oxygen atoms in total. The Hall–Kier alpha value is -0.990. The predicted octanol–water partition coefficient (Wildman–Crippen LogP) is -1.01.